The SMILES string of the molecule is CC=C(C(=O)O)c1c(OC)ncnc1Oc1cccc(C(F)(F)F)c1. The smallest absolute Gasteiger partial charge is 0.416 e. The van der Waals surface area contributed by atoms with Crippen LogP contribution in [0.2, 0.25) is 0 Å². The minimum absolute atomic E-state index is 0.0718. The van der Waals surface area contributed by atoms with Gasteiger partial charge in [-0.05, 0) is 25.1 Å². The van der Waals surface area contributed by atoms with E-state index in [-0.39, 0.29) is 28.6 Å². The van der Waals surface area contributed by atoms with Crippen molar-refractivity contribution in [3.8, 4) is 17.5 Å². The zero-order chi connectivity index (χ0) is 18.6. The van der Waals surface area contributed by atoms with E-state index in [1.807, 2.05) is 0 Å². The van der Waals surface area contributed by atoms with Crippen LogP contribution in [-0.4, -0.2) is 28.2 Å². The lowest BCUT2D eigenvalue weighted by atomic mass is 10.1. The van der Waals surface area contributed by atoms with Gasteiger partial charge in [-0.3, -0.25) is 0 Å². The lowest BCUT2D eigenvalue weighted by molar-refractivity contribution is -0.137. The molecule has 1 N–H and O–H groups in total. The summed E-state index contributed by atoms with van der Waals surface area (Å²) in [4.78, 5) is 19.0. The number of allylic oxidation sites excluding steroid dienone is 1. The number of aromatic nitrogens is 2. The van der Waals surface area contributed by atoms with E-state index in [9.17, 15) is 23.1 Å². The first kappa shape index (κ1) is 18.2. The fourth-order valence-electron chi connectivity index (χ4n) is 2.04. The average Bonchev–Trinajstić information content (AvgIpc) is 2.56. The highest BCUT2D eigenvalue weighted by molar-refractivity contribution is 6.16. The second kappa shape index (κ2) is 7.20. The number of halogens is 3. The standard InChI is InChI=1S/C16H13F3N2O4/c1-3-11(15(22)23)12-13(24-2)20-8-21-14(12)25-10-6-4-5-9(7-10)16(17,18)19/h3-8H,1-2H3,(H,22,23). The topological polar surface area (TPSA) is 81.5 Å². The Balaban J connectivity index is 2.52. The molecule has 0 atom stereocenters. The van der Waals surface area contributed by atoms with Crippen molar-refractivity contribution in [2.24, 2.45) is 0 Å². The maximum atomic E-state index is 12.8. The van der Waals surface area contributed by atoms with Gasteiger partial charge in [0.25, 0.3) is 0 Å². The number of carboxylic acid groups (broad SMARTS) is 1. The summed E-state index contributed by atoms with van der Waals surface area (Å²) in [6, 6.07) is 4.14. The molecule has 0 bridgehead atoms. The fourth-order valence-corrected chi connectivity index (χ4v) is 2.04. The van der Waals surface area contributed by atoms with E-state index in [0.717, 1.165) is 18.5 Å². The van der Waals surface area contributed by atoms with Crippen LogP contribution in [0.5, 0.6) is 17.5 Å². The Bertz CT molecular complexity index is 819. The van der Waals surface area contributed by atoms with Crippen molar-refractivity contribution in [1.29, 1.82) is 0 Å². The molecule has 6 nitrogen and oxygen atoms in total. The Morgan fingerprint density at radius 2 is 1.92 bits per heavy atom. The minimum atomic E-state index is -4.54. The number of ether oxygens (including phenoxy) is 2. The number of aliphatic carboxylic acids is 1. The second-order valence-electron chi connectivity index (χ2n) is 4.70. The molecule has 0 saturated carbocycles. The molecule has 25 heavy (non-hydrogen) atoms. The largest absolute Gasteiger partial charge is 0.480 e. The molecule has 0 unspecified atom stereocenters. The van der Waals surface area contributed by atoms with Gasteiger partial charge in [0, 0.05) is 0 Å². The molecule has 0 amide bonds. The number of methoxy groups -OCH3 is 1. The van der Waals surface area contributed by atoms with Gasteiger partial charge in [0.05, 0.1) is 18.2 Å². The zero-order valence-electron chi connectivity index (χ0n) is 13.2. The van der Waals surface area contributed by atoms with E-state index >= 15 is 0 Å². The summed E-state index contributed by atoms with van der Waals surface area (Å²) in [7, 11) is 1.27. The molecule has 2 rings (SSSR count). The Hall–Kier alpha value is -3.10. The van der Waals surface area contributed by atoms with Crippen LogP contribution in [-0.2, 0) is 11.0 Å². The van der Waals surface area contributed by atoms with E-state index in [4.69, 9.17) is 9.47 Å². The van der Waals surface area contributed by atoms with E-state index in [2.05, 4.69) is 9.97 Å². The van der Waals surface area contributed by atoms with E-state index in [0.29, 0.717) is 0 Å². The number of hydrogen-bond donors (Lipinski definition) is 1. The number of alkyl halides is 3. The van der Waals surface area contributed by atoms with Crippen LogP contribution in [0, 0.1) is 0 Å². The fraction of sp³-hybridized carbons (Fsp3) is 0.188. The number of hydrogen-bond acceptors (Lipinski definition) is 5. The van der Waals surface area contributed by atoms with Crippen molar-refractivity contribution in [1.82, 2.24) is 9.97 Å². The van der Waals surface area contributed by atoms with Crippen LogP contribution in [0.25, 0.3) is 5.57 Å². The Morgan fingerprint density at radius 1 is 1.24 bits per heavy atom. The molecule has 0 aliphatic carbocycles. The lowest BCUT2D eigenvalue weighted by Crippen LogP contribution is -2.07. The Kier molecular flexibility index (Phi) is 5.26. The molecule has 1 heterocycles. The summed E-state index contributed by atoms with van der Waals surface area (Å²) in [5, 5.41) is 9.30. The average molecular weight is 354 g/mol. The maximum absolute atomic E-state index is 12.8. The quantitative estimate of drug-likeness (QED) is 0.823. The first-order valence-electron chi connectivity index (χ1n) is 6.92. The molecular formula is C16H13F3N2O4. The van der Waals surface area contributed by atoms with Crippen molar-refractivity contribution >= 4 is 11.5 Å². The third-order valence-corrected chi connectivity index (χ3v) is 3.14. The van der Waals surface area contributed by atoms with Gasteiger partial charge >= 0.3 is 12.1 Å². The highest BCUT2D eigenvalue weighted by Crippen LogP contribution is 2.36. The number of rotatable bonds is 5. The molecule has 0 fully saturated rings. The summed E-state index contributed by atoms with van der Waals surface area (Å²) in [6.45, 7) is 1.48. The third-order valence-electron chi connectivity index (χ3n) is 3.14. The van der Waals surface area contributed by atoms with Crippen LogP contribution < -0.4 is 9.47 Å². The predicted molar refractivity (Wildman–Crippen MR) is 81.4 cm³/mol. The van der Waals surface area contributed by atoms with Crippen LogP contribution in [0.15, 0.2) is 36.7 Å². The number of carbonyl (C=O) groups is 1. The molecule has 0 saturated heterocycles. The zero-order valence-corrected chi connectivity index (χ0v) is 13.2. The van der Waals surface area contributed by atoms with Crippen LogP contribution in [0.1, 0.15) is 18.1 Å². The minimum Gasteiger partial charge on any atom is -0.480 e. The molecule has 0 aliphatic rings. The summed E-state index contributed by atoms with van der Waals surface area (Å²) < 4.78 is 48.8. The van der Waals surface area contributed by atoms with Crippen molar-refractivity contribution in [2.75, 3.05) is 7.11 Å². The molecule has 0 radical (unpaired) electrons. The first-order valence-corrected chi connectivity index (χ1v) is 6.92. The number of carboxylic acids is 1. The number of nitrogens with zero attached hydrogens (tertiary/aromatic N) is 2. The molecule has 2 aromatic rings. The highest BCUT2D eigenvalue weighted by Gasteiger charge is 2.31. The van der Waals surface area contributed by atoms with Crippen molar-refractivity contribution < 1.29 is 32.5 Å². The van der Waals surface area contributed by atoms with Gasteiger partial charge in [-0.1, -0.05) is 12.1 Å². The molecule has 132 valence electrons. The van der Waals surface area contributed by atoms with Gasteiger partial charge in [0.1, 0.15) is 17.6 Å². The molecular weight excluding hydrogens is 341 g/mol. The first-order chi connectivity index (χ1) is 11.8. The summed E-state index contributed by atoms with van der Waals surface area (Å²) in [5.74, 6) is -1.75. The molecule has 9 heteroatoms. The normalized spacial score (nSPS) is 12.0. The van der Waals surface area contributed by atoms with E-state index in [1.54, 1.807) is 0 Å². The Labute approximate surface area is 140 Å². The molecule has 0 aliphatic heterocycles. The van der Waals surface area contributed by atoms with Crippen molar-refractivity contribution in [3.05, 3.63) is 47.8 Å². The van der Waals surface area contributed by atoms with Gasteiger partial charge in [-0.15, -0.1) is 0 Å². The lowest BCUT2D eigenvalue weighted by Gasteiger charge is -2.14. The third kappa shape index (κ3) is 4.06. The van der Waals surface area contributed by atoms with Crippen LogP contribution in [0.3, 0.4) is 0 Å². The van der Waals surface area contributed by atoms with Gasteiger partial charge in [0.2, 0.25) is 11.8 Å². The van der Waals surface area contributed by atoms with Gasteiger partial charge in [0.15, 0.2) is 0 Å². The highest BCUT2D eigenvalue weighted by atomic mass is 19.4. The van der Waals surface area contributed by atoms with Gasteiger partial charge < -0.3 is 14.6 Å². The van der Waals surface area contributed by atoms with E-state index < -0.39 is 17.7 Å². The summed E-state index contributed by atoms with van der Waals surface area (Å²) in [5.41, 5.74) is -1.19. The van der Waals surface area contributed by atoms with Gasteiger partial charge in [-0.25, -0.2) is 14.8 Å². The number of benzene rings is 1. The van der Waals surface area contributed by atoms with E-state index in [1.165, 1.54) is 32.2 Å². The monoisotopic (exact) mass is 354 g/mol. The van der Waals surface area contributed by atoms with Crippen LogP contribution in [0.4, 0.5) is 13.2 Å². The molecule has 1 aromatic carbocycles. The Morgan fingerprint density at radius 3 is 2.48 bits per heavy atom. The molecule has 1 aromatic heterocycles. The van der Waals surface area contributed by atoms with Crippen molar-refractivity contribution in [2.45, 2.75) is 13.1 Å². The van der Waals surface area contributed by atoms with Gasteiger partial charge in [-0.2, -0.15) is 13.2 Å². The maximum Gasteiger partial charge on any atom is 0.416 e. The summed E-state index contributed by atoms with van der Waals surface area (Å²) in [6.07, 6.45) is -2.20. The summed E-state index contributed by atoms with van der Waals surface area (Å²) >= 11 is 0. The van der Waals surface area contributed by atoms with Crippen LogP contribution >= 0.6 is 0 Å². The predicted octanol–water partition coefficient (Wildman–Crippen LogP) is 3.78. The second-order valence-corrected chi connectivity index (χ2v) is 4.70. The van der Waals surface area contributed by atoms with Crippen molar-refractivity contribution in [3.63, 3.8) is 0 Å². The molecule has 0 spiro atoms.